The molecule has 0 aliphatic carbocycles. The maximum atomic E-state index is 12.9. The number of hydrogen-bond acceptors (Lipinski definition) is 3. The van der Waals surface area contributed by atoms with Gasteiger partial charge in [0.05, 0.1) is 19.3 Å². The van der Waals surface area contributed by atoms with E-state index in [4.69, 9.17) is 13.9 Å². The van der Waals surface area contributed by atoms with Crippen molar-refractivity contribution in [3.05, 3.63) is 96.6 Å². The van der Waals surface area contributed by atoms with Crippen molar-refractivity contribution < 1.29 is 27.1 Å². The summed E-state index contributed by atoms with van der Waals surface area (Å²) in [6.45, 7) is 5.80. The lowest BCUT2D eigenvalue weighted by Gasteiger charge is -2.43. The molecule has 0 amide bonds. The van der Waals surface area contributed by atoms with Crippen molar-refractivity contribution in [3.8, 4) is 0 Å². The van der Waals surface area contributed by atoms with E-state index >= 15 is 0 Å². The number of hydrogen-bond donors (Lipinski definition) is 0. The first kappa shape index (κ1) is 28.1. The maximum Gasteiger partial charge on any atom is 0.411 e. The molecule has 0 aromatic heterocycles. The quantitative estimate of drug-likeness (QED) is 0.272. The van der Waals surface area contributed by atoms with Gasteiger partial charge < -0.3 is 13.9 Å². The normalized spacial score (nSPS) is 13.5. The summed E-state index contributed by atoms with van der Waals surface area (Å²) < 4.78 is 56.6. The van der Waals surface area contributed by atoms with Gasteiger partial charge >= 0.3 is 6.18 Å². The molecule has 0 aliphatic rings. The molecular formula is C29H35F3O3Si. The molecule has 0 spiro atoms. The second kappa shape index (κ2) is 12.7. The third kappa shape index (κ3) is 7.77. The van der Waals surface area contributed by atoms with E-state index in [2.05, 4.69) is 45.0 Å². The van der Waals surface area contributed by atoms with E-state index < -0.39 is 27.2 Å². The zero-order chi connectivity index (χ0) is 26.1. The van der Waals surface area contributed by atoms with E-state index in [1.807, 2.05) is 66.7 Å². The molecule has 0 saturated carbocycles. The van der Waals surface area contributed by atoms with E-state index in [1.165, 1.54) is 0 Å². The van der Waals surface area contributed by atoms with Gasteiger partial charge in [-0.2, -0.15) is 13.2 Å². The van der Waals surface area contributed by atoms with Gasteiger partial charge in [0.1, 0.15) is 6.61 Å². The van der Waals surface area contributed by atoms with Crippen LogP contribution < -0.4 is 10.4 Å². The standard InChI is InChI=1S/C29H35F3O3Si/c1-28(2,3)36(26-15-9-5-10-16-26,27-17-11-6-12-18-27)35-20-19-25(34-23-29(30,31)32)22-33-21-24-13-7-4-8-14-24/h4-18,25H,19-23H2,1-3H3. The Labute approximate surface area is 213 Å². The SMILES string of the molecule is CC(C)(C)[Si](OCCC(COCc1ccccc1)OCC(F)(F)F)(c1ccccc1)c1ccccc1. The first-order chi connectivity index (χ1) is 17.1. The average Bonchev–Trinajstić information content (AvgIpc) is 2.85. The summed E-state index contributed by atoms with van der Waals surface area (Å²) in [4.78, 5) is 0. The summed E-state index contributed by atoms with van der Waals surface area (Å²) in [5, 5.41) is 2.02. The lowest BCUT2D eigenvalue weighted by molar-refractivity contribution is -0.192. The van der Waals surface area contributed by atoms with Gasteiger partial charge in [-0.3, -0.25) is 0 Å². The zero-order valence-electron chi connectivity index (χ0n) is 21.1. The Morgan fingerprint density at radius 3 is 1.72 bits per heavy atom. The van der Waals surface area contributed by atoms with E-state index in [1.54, 1.807) is 0 Å². The third-order valence-corrected chi connectivity index (χ3v) is 11.1. The number of alkyl halides is 3. The molecule has 3 aromatic rings. The predicted molar refractivity (Wildman–Crippen MR) is 140 cm³/mol. The monoisotopic (exact) mass is 516 g/mol. The molecule has 36 heavy (non-hydrogen) atoms. The number of benzene rings is 3. The number of halogens is 3. The molecule has 3 aromatic carbocycles. The van der Waals surface area contributed by atoms with Crippen LogP contribution in [-0.4, -0.2) is 40.4 Å². The van der Waals surface area contributed by atoms with Gasteiger partial charge in [0.15, 0.2) is 0 Å². The minimum Gasteiger partial charge on any atom is -0.407 e. The largest absolute Gasteiger partial charge is 0.411 e. The Morgan fingerprint density at radius 1 is 0.750 bits per heavy atom. The molecule has 194 valence electrons. The number of ether oxygens (including phenoxy) is 2. The van der Waals surface area contributed by atoms with E-state index in [0.29, 0.717) is 6.61 Å². The molecule has 0 bridgehead atoms. The second-order valence-corrected chi connectivity index (χ2v) is 14.2. The maximum absolute atomic E-state index is 12.9. The first-order valence-electron chi connectivity index (χ1n) is 12.2. The van der Waals surface area contributed by atoms with Gasteiger partial charge in [-0.15, -0.1) is 0 Å². The molecule has 1 unspecified atom stereocenters. The fourth-order valence-electron chi connectivity index (χ4n) is 4.41. The lowest BCUT2D eigenvalue weighted by Crippen LogP contribution is -2.66. The molecule has 7 heteroatoms. The van der Waals surface area contributed by atoms with Gasteiger partial charge in [-0.25, -0.2) is 0 Å². The summed E-state index contributed by atoms with van der Waals surface area (Å²) in [6, 6.07) is 29.8. The highest BCUT2D eigenvalue weighted by Crippen LogP contribution is 2.37. The van der Waals surface area contributed by atoms with Crippen molar-refractivity contribution in [2.45, 2.75) is 51.1 Å². The minimum absolute atomic E-state index is 0.0507. The Balaban J connectivity index is 1.77. The van der Waals surface area contributed by atoms with E-state index in [-0.39, 0.29) is 24.7 Å². The predicted octanol–water partition coefficient (Wildman–Crippen LogP) is 6.12. The fraction of sp³-hybridized carbons (Fsp3) is 0.379. The van der Waals surface area contributed by atoms with Crippen molar-refractivity contribution in [2.75, 3.05) is 19.8 Å². The van der Waals surface area contributed by atoms with Gasteiger partial charge in [0.25, 0.3) is 8.32 Å². The van der Waals surface area contributed by atoms with Crippen LogP contribution in [-0.2, 0) is 20.5 Å². The summed E-state index contributed by atoms with van der Waals surface area (Å²) in [7, 11) is -2.78. The van der Waals surface area contributed by atoms with Crippen LogP contribution in [0.15, 0.2) is 91.0 Å². The van der Waals surface area contributed by atoms with Gasteiger partial charge in [-0.1, -0.05) is 112 Å². The summed E-state index contributed by atoms with van der Waals surface area (Å²) in [5.41, 5.74) is 0.954. The summed E-state index contributed by atoms with van der Waals surface area (Å²) in [5.74, 6) is 0. The van der Waals surface area contributed by atoms with Crippen LogP contribution in [0.4, 0.5) is 13.2 Å². The third-order valence-electron chi connectivity index (χ3n) is 6.07. The van der Waals surface area contributed by atoms with Crippen LogP contribution in [0.1, 0.15) is 32.8 Å². The Bertz CT molecular complexity index is 983. The molecule has 0 saturated heterocycles. The second-order valence-electron chi connectivity index (χ2n) is 9.85. The van der Waals surface area contributed by atoms with E-state index in [9.17, 15) is 13.2 Å². The van der Waals surface area contributed by atoms with Crippen LogP contribution in [0.2, 0.25) is 5.04 Å². The van der Waals surface area contributed by atoms with Crippen LogP contribution in [0, 0.1) is 0 Å². The van der Waals surface area contributed by atoms with Gasteiger partial charge in [0, 0.05) is 6.61 Å². The van der Waals surface area contributed by atoms with Crippen molar-refractivity contribution in [1.82, 2.24) is 0 Å². The highest BCUT2D eigenvalue weighted by molar-refractivity contribution is 6.99. The Kier molecular flexibility index (Phi) is 9.90. The highest BCUT2D eigenvalue weighted by Gasteiger charge is 2.50. The smallest absolute Gasteiger partial charge is 0.407 e. The van der Waals surface area contributed by atoms with Crippen LogP contribution in [0.3, 0.4) is 0 Å². The molecule has 0 radical (unpaired) electrons. The fourth-order valence-corrected chi connectivity index (χ4v) is 8.99. The topological polar surface area (TPSA) is 27.7 Å². The molecule has 0 heterocycles. The van der Waals surface area contributed by atoms with E-state index in [0.717, 1.165) is 15.9 Å². The molecule has 3 nitrogen and oxygen atoms in total. The van der Waals surface area contributed by atoms with Crippen LogP contribution in [0.5, 0.6) is 0 Å². The first-order valence-corrected chi connectivity index (χ1v) is 14.1. The van der Waals surface area contributed by atoms with Crippen LogP contribution in [0.25, 0.3) is 0 Å². The van der Waals surface area contributed by atoms with Crippen molar-refractivity contribution in [1.29, 1.82) is 0 Å². The molecule has 0 fully saturated rings. The van der Waals surface area contributed by atoms with Crippen molar-refractivity contribution in [2.24, 2.45) is 0 Å². The molecule has 0 aliphatic heterocycles. The molecule has 0 N–H and O–H groups in total. The summed E-state index contributed by atoms with van der Waals surface area (Å²) in [6.07, 6.45) is -4.86. The lowest BCUT2D eigenvalue weighted by atomic mass is 10.2. The summed E-state index contributed by atoms with van der Waals surface area (Å²) >= 11 is 0. The Hall–Kier alpha value is -2.45. The van der Waals surface area contributed by atoms with Crippen molar-refractivity contribution in [3.63, 3.8) is 0 Å². The molecule has 1 atom stereocenters. The number of rotatable bonds is 12. The van der Waals surface area contributed by atoms with Gasteiger partial charge in [0.2, 0.25) is 0 Å². The van der Waals surface area contributed by atoms with Crippen molar-refractivity contribution >= 4 is 18.7 Å². The van der Waals surface area contributed by atoms with Crippen LogP contribution >= 0.6 is 0 Å². The highest BCUT2D eigenvalue weighted by atomic mass is 28.4. The molecule has 3 rings (SSSR count). The minimum atomic E-state index is -4.41. The average molecular weight is 517 g/mol. The van der Waals surface area contributed by atoms with Gasteiger partial charge in [-0.05, 0) is 27.4 Å². The zero-order valence-corrected chi connectivity index (χ0v) is 22.1. The molecular weight excluding hydrogens is 481 g/mol. The Morgan fingerprint density at radius 2 is 1.25 bits per heavy atom.